The monoisotopic (exact) mass is 393 g/mol. The molecule has 2 heterocycles. The van der Waals surface area contributed by atoms with Crippen LogP contribution in [0.25, 0.3) is 22.4 Å². The summed E-state index contributed by atoms with van der Waals surface area (Å²) in [6.07, 6.45) is 0.574. The van der Waals surface area contributed by atoms with Gasteiger partial charge in [-0.2, -0.15) is 0 Å². The summed E-state index contributed by atoms with van der Waals surface area (Å²) in [6.45, 7) is 3.88. The maximum Gasteiger partial charge on any atom is 0.267 e. The van der Waals surface area contributed by atoms with Crippen LogP contribution >= 0.6 is 11.8 Å². The van der Waals surface area contributed by atoms with Gasteiger partial charge < -0.3 is 5.73 Å². The quantitative estimate of drug-likeness (QED) is 0.526. The molecule has 8 heteroatoms. The van der Waals surface area contributed by atoms with E-state index in [1.165, 1.54) is 11.8 Å². The Hall–Kier alpha value is -3.13. The van der Waals surface area contributed by atoms with Gasteiger partial charge in [0.15, 0.2) is 5.16 Å². The van der Waals surface area contributed by atoms with Crippen LogP contribution in [-0.2, 0) is 4.79 Å². The molecule has 0 saturated carbocycles. The highest BCUT2D eigenvalue weighted by Gasteiger charge is 2.22. The van der Waals surface area contributed by atoms with E-state index in [0.717, 1.165) is 5.56 Å². The van der Waals surface area contributed by atoms with Crippen LogP contribution in [0.15, 0.2) is 58.5 Å². The van der Waals surface area contributed by atoms with E-state index in [1.54, 1.807) is 10.6 Å². The maximum atomic E-state index is 13.2. The molecule has 0 radical (unpaired) electrons. The molecule has 7 nitrogen and oxygen atoms in total. The minimum Gasteiger partial charge on any atom is -0.369 e. The van der Waals surface area contributed by atoms with Crippen molar-refractivity contribution in [2.24, 2.45) is 5.73 Å². The van der Waals surface area contributed by atoms with Crippen LogP contribution in [0.5, 0.6) is 0 Å². The normalized spacial score (nSPS) is 12.5. The third-order valence-corrected chi connectivity index (χ3v) is 5.95. The number of nitrogens with two attached hydrogens (primary N) is 1. The van der Waals surface area contributed by atoms with E-state index in [-0.39, 0.29) is 5.56 Å². The lowest BCUT2D eigenvalue weighted by atomic mass is 10.2. The smallest absolute Gasteiger partial charge is 0.267 e. The third kappa shape index (κ3) is 2.95. The van der Waals surface area contributed by atoms with Crippen molar-refractivity contribution in [2.75, 3.05) is 0 Å². The van der Waals surface area contributed by atoms with Gasteiger partial charge >= 0.3 is 0 Å². The summed E-state index contributed by atoms with van der Waals surface area (Å²) in [7, 11) is 0. The second kappa shape index (κ2) is 7.12. The molecule has 2 aromatic heterocycles. The number of thioether (sulfide) groups is 1. The zero-order valence-electron chi connectivity index (χ0n) is 15.5. The van der Waals surface area contributed by atoms with E-state index in [9.17, 15) is 9.59 Å². The number of hydrogen-bond donors (Lipinski definition) is 1. The first-order valence-electron chi connectivity index (χ1n) is 8.93. The van der Waals surface area contributed by atoms with Gasteiger partial charge in [-0.05, 0) is 37.6 Å². The minimum absolute atomic E-state index is 0.169. The fourth-order valence-corrected chi connectivity index (χ4v) is 4.06. The lowest BCUT2D eigenvalue weighted by Gasteiger charge is -2.13. The number of para-hydroxylation sites is 1. The number of carbonyl (C=O) groups excluding carboxylic acids is 1. The van der Waals surface area contributed by atoms with Crippen molar-refractivity contribution in [1.29, 1.82) is 0 Å². The van der Waals surface area contributed by atoms with Gasteiger partial charge in [-0.25, -0.2) is 4.57 Å². The lowest BCUT2D eigenvalue weighted by Crippen LogP contribution is -2.25. The number of hydrogen-bond acceptors (Lipinski definition) is 5. The molecule has 0 saturated heterocycles. The second-order valence-electron chi connectivity index (χ2n) is 6.53. The van der Waals surface area contributed by atoms with Gasteiger partial charge in [0.1, 0.15) is 0 Å². The Kier molecular flexibility index (Phi) is 4.64. The molecule has 4 aromatic rings. The predicted molar refractivity (Wildman–Crippen MR) is 110 cm³/mol. The van der Waals surface area contributed by atoms with Crippen LogP contribution in [0.3, 0.4) is 0 Å². The SMILES string of the molecule is CCC(Sc1nnc2n(-c3ccc(C)cc3)c(=O)c3ccccc3n12)C(N)=O. The molecular weight excluding hydrogens is 374 g/mol. The third-order valence-electron chi connectivity index (χ3n) is 4.62. The standard InChI is InChI=1S/C20H19N5O2S/c1-3-16(17(21)26)28-20-23-22-19-24(13-10-8-12(2)9-11-13)18(27)14-6-4-5-7-15(14)25(19)20/h4-11,16H,3H2,1-2H3,(H2,21,26). The molecule has 0 spiro atoms. The molecule has 1 amide bonds. The molecule has 2 N–H and O–H groups in total. The zero-order chi connectivity index (χ0) is 19.8. The van der Waals surface area contributed by atoms with E-state index in [4.69, 9.17) is 5.73 Å². The number of amides is 1. The summed E-state index contributed by atoms with van der Waals surface area (Å²) in [6, 6.07) is 15.0. The second-order valence-corrected chi connectivity index (χ2v) is 7.70. The molecule has 0 aliphatic heterocycles. The Labute approximate surface area is 165 Å². The first-order chi connectivity index (χ1) is 13.5. The number of benzene rings is 2. The van der Waals surface area contributed by atoms with Crippen molar-refractivity contribution in [2.45, 2.75) is 30.7 Å². The molecule has 28 heavy (non-hydrogen) atoms. The van der Waals surface area contributed by atoms with Crippen molar-refractivity contribution in [3.63, 3.8) is 0 Å². The van der Waals surface area contributed by atoms with Crippen molar-refractivity contribution < 1.29 is 4.79 Å². The van der Waals surface area contributed by atoms with E-state index >= 15 is 0 Å². The summed E-state index contributed by atoms with van der Waals surface area (Å²) in [5.74, 6) is -0.00483. The van der Waals surface area contributed by atoms with Crippen LogP contribution in [-0.4, -0.2) is 30.3 Å². The van der Waals surface area contributed by atoms with E-state index in [0.29, 0.717) is 33.9 Å². The van der Waals surface area contributed by atoms with Crippen molar-refractivity contribution in [1.82, 2.24) is 19.2 Å². The molecular formula is C20H19N5O2S. The Morgan fingerprint density at radius 1 is 1.14 bits per heavy atom. The number of aryl methyl sites for hydroxylation is 1. The number of fused-ring (bicyclic) bond motifs is 3. The summed E-state index contributed by atoms with van der Waals surface area (Å²) in [4.78, 5) is 24.9. The minimum atomic E-state index is -0.425. The highest BCUT2D eigenvalue weighted by molar-refractivity contribution is 8.00. The topological polar surface area (TPSA) is 95.3 Å². The average molecular weight is 393 g/mol. The van der Waals surface area contributed by atoms with Crippen LogP contribution < -0.4 is 11.3 Å². The summed E-state index contributed by atoms with van der Waals surface area (Å²) in [5, 5.41) is 9.19. The fraction of sp³-hybridized carbons (Fsp3) is 0.200. The Morgan fingerprint density at radius 3 is 2.54 bits per heavy atom. The average Bonchev–Trinajstić information content (AvgIpc) is 3.11. The Bertz CT molecular complexity index is 1240. The van der Waals surface area contributed by atoms with Gasteiger partial charge in [0.25, 0.3) is 5.56 Å². The molecule has 1 atom stereocenters. The van der Waals surface area contributed by atoms with Gasteiger partial charge in [0.05, 0.1) is 21.8 Å². The summed E-state index contributed by atoms with van der Waals surface area (Å²) < 4.78 is 3.36. The predicted octanol–water partition coefficient (Wildman–Crippen LogP) is 2.70. The van der Waals surface area contributed by atoms with Gasteiger partial charge in [-0.3, -0.25) is 14.0 Å². The lowest BCUT2D eigenvalue weighted by molar-refractivity contribution is -0.117. The molecule has 0 aliphatic rings. The van der Waals surface area contributed by atoms with Crippen LogP contribution in [0.2, 0.25) is 0 Å². The molecule has 1 unspecified atom stereocenters. The molecule has 2 aromatic carbocycles. The van der Waals surface area contributed by atoms with Crippen LogP contribution in [0.1, 0.15) is 18.9 Å². The molecule has 0 aliphatic carbocycles. The molecule has 142 valence electrons. The number of nitrogens with zero attached hydrogens (tertiary/aromatic N) is 4. The van der Waals surface area contributed by atoms with Gasteiger partial charge in [-0.15, -0.1) is 10.2 Å². The maximum absolute atomic E-state index is 13.2. The first kappa shape index (κ1) is 18.2. The molecule has 4 rings (SSSR count). The van der Waals surface area contributed by atoms with Crippen molar-refractivity contribution >= 4 is 34.3 Å². The number of rotatable bonds is 5. The zero-order valence-corrected chi connectivity index (χ0v) is 16.3. The summed E-state index contributed by atoms with van der Waals surface area (Å²) in [5.41, 5.74) is 7.83. The number of aromatic nitrogens is 4. The Morgan fingerprint density at radius 2 is 1.86 bits per heavy atom. The van der Waals surface area contributed by atoms with E-state index < -0.39 is 11.2 Å². The van der Waals surface area contributed by atoms with Gasteiger partial charge in [-0.1, -0.05) is 48.5 Å². The highest BCUT2D eigenvalue weighted by Crippen LogP contribution is 2.27. The first-order valence-corrected chi connectivity index (χ1v) is 9.81. The largest absolute Gasteiger partial charge is 0.369 e. The van der Waals surface area contributed by atoms with Crippen LogP contribution in [0.4, 0.5) is 0 Å². The number of primary amides is 1. The van der Waals surface area contributed by atoms with Crippen molar-refractivity contribution in [3.8, 4) is 5.69 Å². The highest BCUT2D eigenvalue weighted by atomic mass is 32.2. The van der Waals surface area contributed by atoms with E-state index in [2.05, 4.69) is 10.2 Å². The van der Waals surface area contributed by atoms with Gasteiger partial charge in [0.2, 0.25) is 11.7 Å². The van der Waals surface area contributed by atoms with Crippen molar-refractivity contribution in [3.05, 3.63) is 64.4 Å². The molecule has 0 fully saturated rings. The Balaban J connectivity index is 2.05. The number of carbonyl (C=O) groups is 1. The van der Waals surface area contributed by atoms with Crippen LogP contribution in [0, 0.1) is 6.92 Å². The van der Waals surface area contributed by atoms with E-state index in [1.807, 2.05) is 60.7 Å². The fourth-order valence-electron chi connectivity index (χ4n) is 3.15. The summed E-state index contributed by atoms with van der Waals surface area (Å²) >= 11 is 1.26. The molecule has 0 bridgehead atoms. The van der Waals surface area contributed by atoms with Gasteiger partial charge in [0, 0.05) is 0 Å².